The minimum absolute atomic E-state index is 0.0474. The lowest BCUT2D eigenvalue weighted by atomic mass is 9.89. The first-order chi connectivity index (χ1) is 9.09. The molecule has 2 aromatic rings. The minimum Gasteiger partial charge on any atom is -0.324 e. The van der Waals surface area contributed by atoms with Crippen molar-refractivity contribution in [3.63, 3.8) is 0 Å². The Bertz CT molecular complexity index is 519. The molecule has 19 heavy (non-hydrogen) atoms. The molecule has 0 saturated carbocycles. The van der Waals surface area contributed by atoms with Gasteiger partial charge in [-0.05, 0) is 30.0 Å². The summed E-state index contributed by atoms with van der Waals surface area (Å²) in [5, 5.41) is 0. The third kappa shape index (κ3) is 3.18. The molecule has 0 spiro atoms. The highest BCUT2D eigenvalue weighted by atomic mass is 19.1. The normalized spacial score (nSPS) is 14.1. The van der Waals surface area contributed by atoms with Crippen molar-refractivity contribution in [2.24, 2.45) is 11.7 Å². The molecule has 0 aliphatic rings. The van der Waals surface area contributed by atoms with Crippen LogP contribution in [0.3, 0.4) is 0 Å². The highest BCUT2D eigenvalue weighted by Gasteiger charge is 2.18. The molecule has 3 heteroatoms. The topological polar surface area (TPSA) is 26.0 Å². The molecule has 0 bridgehead atoms. The highest BCUT2D eigenvalue weighted by molar-refractivity contribution is 5.23. The largest absolute Gasteiger partial charge is 0.324 e. The van der Waals surface area contributed by atoms with Crippen LogP contribution in [0.2, 0.25) is 0 Å². The quantitative estimate of drug-likeness (QED) is 0.889. The van der Waals surface area contributed by atoms with Crippen LogP contribution < -0.4 is 5.73 Å². The van der Waals surface area contributed by atoms with Gasteiger partial charge in [-0.2, -0.15) is 0 Å². The zero-order valence-corrected chi connectivity index (χ0v) is 10.8. The number of hydrogen-bond donors (Lipinski definition) is 1. The van der Waals surface area contributed by atoms with Crippen molar-refractivity contribution in [1.29, 1.82) is 0 Å². The maximum absolute atomic E-state index is 13.6. The van der Waals surface area contributed by atoms with Crippen LogP contribution in [-0.4, -0.2) is 0 Å². The van der Waals surface area contributed by atoms with Crippen molar-refractivity contribution < 1.29 is 8.78 Å². The van der Waals surface area contributed by atoms with E-state index in [1.165, 1.54) is 18.2 Å². The summed E-state index contributed by atoms with van der Waals surface area (Å²) in [5.41, 5.74) is 7.23. The van der Waals surface area contributed by atoms with E-state index in [2.05, 4.69) is 0 Å². The Morgan fingerprint density at radius 3 is 2.11 bits per heavy atom. The van der Waals surface area contributed by atoms with Gasteiger partial charge in [0.25, 0.3) is 0 Å². The minimum atomic E-state index is -0.507. The van der Waals surface area contributed by atoms with E-state index in [1.54, 1.807) is 0 Å². The number of benzene rings is 2. The van der Waals surface area contributed by atoms with Gasteiger partial charge in [0.2, 0.25) is 0 Å². The van der Waals surface area contributed by atoms with E-state index in [0.717, 1.165) is 5.56 Å². The van der Waals surface area contributed by atoms with Crippen LogP contribution in [0.25, 0.3) is 0 Å². The maximum Gasteiger partial charge on any atom is 0.129 e. The van der Waals surface area contributed by atoms with Crippen molar-refractivity contribution >= 4 is 0 Å². The Morgan fingerprint density at radius 2 is 1.53 bits per heavy atom. The maximum atomic E-state index is 13.6. The van der Waals surface area contributed by atoms with Crippen molar-refractivity contribution in [2.45, 2.75) is 19.4 Å². The Kier molecular flexibility index (Phi) is 4.27. The second kappa shape index (κ2) is 5.93. The molecule has 2 rings (SSSR count). The molecule has 1 nitrogen and oxygen atoms in total. The van der Waals surface area contributed by atoms with Crippen LogP contribution in [0.4, 0.5) is 8.78 Å². The molecule has 2 unspecified atom stereocenters. The summed E-state index contributed by atoms with van der Waals surface area (Å²) in [6.45, 7) is 1.91. The van der Waals surface area contributed by atoms with Crippen LogP contribution in [0.5, 0.6) is 0 Å². The summed E-state index contributed by atoms with van der Waals surface area (Å²) in [6, 6.07) is 13.3. The zero-order chi connectivity index (χ0) is 13.8. The first kappa shape index (κ1) is 13.7. The summed E-state index contributed by atoms with van der Waals surface area (Å²) < 4.78 is 27.2. The molecule has 100 valence electrons. The summed E-state index contributed by atoms with van der Waals surface area (Å²) in [5.74, 6) is -1.06. The summed E-state index contributed by atoms with van der Waals surface area (Å²) in [4.78, 5) is 0. The molecule has 2 atom stereocenters. The predicted octanol–water partition coefficient (Wildman–Crippen LogP) is 3.84. The van der Waals surface area contributed by atoms with Crippen LogP contribution >= 0.6 is 0 Å². The fourth-order valence-electron chi connectivity index (χ4n) is 2.18. The van der Waals surface area contributed by atoms with E-state index in [1.807, 2.05) is 37.3 Å². The lowest BCUT2D eigenvalue weighted by Crippen LogP contribution is -2.21. The standard InChI is InChI=1S/C16H17F2N/c1-11(16(19)12-6-3-2-4-7-12)10-13-14(17)8-5-9-15(13)18/h2-9,11,16H,10,19H2,1H3. The predicted molar refractivity (Wildman–Crippen MR) is 72.6 cm³/mol. The Hall–Kier alpha value is -1.74. The van der Waals surface area contributed by atoms with Crippen molar-refractivity contribution in [2.75, 3.05) is 0 Å². The molecular formula is C16H17F2N. The lowest BCUT2D eigenvalue weighted by Gasteiger charge is -2.20. The Labute approximate surface area is 112 Å². The SMILES string of the molecule is CC(Cc1c(F)cccc1F)C(N)c1ccccc1. The lowest BCUT2D eigenvalue weighted by molar-refractivity contribution is 0.443. The second-order valence-corrected chi connectivity index (χ2v) is 4.82. The van der Waals surface area contributed by atoms with Crippen molar-refractivity contribution in [1.82, 2.24) is 0 Å². The summed E-state index contributed by atoms with van der Waals surface area (Å²) in [7, 11) is 0. The molecule has 0 aliphatic carbocycles. The summed E-state index contributed by atoms with van der Waals surface area (Å²) >= 11 is 0. The average molecular weight is 261 g/mol. The van der Waals surface area contributed by atoms with E-state index < -0.39 is 11.6 Å². The van der Waals surface area contributed by atoms with Gasteiger partial charge in [0, 0.05) is 11.6 Å². The second-order valence-electron chi connectivity index (χ2n) is 4.82. The molecule has 0 radical (unpaired) electrons. The van der Waals surface area contributed by atoms with Gasteiger partial charge in [-0.3, -0.25) is 0 Å². The molecular weight excluding hydrogens is 244 g/mol. The molecule has 2 aromatic carbocycles. The summed E-state index contributed by atoms with van der Waals surface area (Å²) in [6.07, 6.45) is 0.286. The van der Waals surface area contributed by atoms with E-state index in [-0.39, 0.29) is 23.9 Å². The number of halogens is 2. The number of rotatable bonds is 4. The van der Waals surface area contributed by atoms with Crippen molar-refractivity contribution in [3.05, 3.63) is 71.3 Å². The molecule has 0 aliphatic heterocycles. The number of hydrogen-bond acceptors (Lipinski definition) is 1. The fourth-order valence-corrected chi connectivity index (χ4v) is 2.18. The smallest absolute Gasteiger partial charge is 0.129 e. The Morgan fingerprint density at radius 1 is 0.947 bits per heavy atom. The van der Waals surface area contributed by atoms with E-state index in [0.29, 0.717) is 0 Å². The van der Waals surface area contributed by atoms with Crippen LogP contribution in [0.1, 0.15) is 24.1 Å². The average Bonchev–Trinajstić information content (AvgIpc) is 2.43. The first-order valence-electron chi connectivity index (χ1n) is 6.33. The fraction of sp³-hybridized carbons (Fsp3) is 0.250. The van der Waals surface area contributed by atoms with Gasteiger partial charge < -0.3 is 5.73 Å². The molecule has 2 N–H and O–H groups in total. The van der Waals surface area contributed by atoms with Gasteiger partial charge in [0.1, 0.15) is 11.6 Å². The van der Waals surface area contributed by atoms with E-state index in [9.17, 15) is 8.78 Å². The molecule has 0 aromatic heterocycles. The molecule has 0 fully saturated rings. The van der Waals surface area contributed by atoms with Crippen LogP contribution in [0.15, 0.2) is 48.5 Å². The van der Waals surface area contributed by atoms with Gasteiger partial charge in [-0.1, -0.05) is 43.3 Å². The zero-order valence-electron chi connectivity index (χ0n) is 10.8. The van der Waals surface area contributed by atoms with Crippen molar-refractivity contribution in [3.8, 4) is 0 Å². The van der Waals surface area contributed by atoms with Gasteiger partial charge >= 0.3 is 0 Å². The Balaban J connectivity index is 2.15. The van der Waals surface area contributed by atoms with Crippen LogP contribution in [-0.2, 0) is 6.42 Å². The monoisotopic (exact) mass is 261 g/mol. The van der Waals surface area contributed by atoms with Gasteiger partial charge in [-0.15, -0.1) is 0 Å². The molecule has 0 amide bonds. The third-order valence-corrected chi connectivity index (χ3v) is 3.39. The van der Waals surface area contributed by atoms with Gasteiger partial charge in [0.05, 0.1) is 0 Å². The van der Waals surface area contributed by atoms with Gasteiger partial charge in [-0.25, -0.2) is 8.78 Å². The van der Waals surface area contributed by atoms with E-state index >= 15 is 0 Å². The number of nitrogens with two attached hydrogens (primary N) is 1. The third-order valence-electron chi connectivity index (χ3n) is 3.39. The highest BCUT2D eigenvalue weighted by Crippen LogP contribution is 2.25. The van der Waals surface area contributed by atoms with E-state index in [4.69, 9.17) is 5.73 Å². The van der Waals surface area contributed by atoms with Crippen LogP contribution in [0, 0.1) is 17.6 Å². The first-order valence-corrected chi connectivity index (χ1v) is 6.33. The molecule has 0 saturated heterocycles. The molecule has 0 heterocycles. The van der Waals surface area contributed by atoms with Gasteiger partial charge in [0.15, 0.2) is 0 Å².